The molecule has 0 aliphatic rings. The smallest absolute Gasteiger partial charge is 0.395 e. The zero-order chi connectivity index (χ0) is 14.6. The first-order valence-corrected chi connectivity index (χ1v) is 5.65. The van der Waals surface area contributed by atoms with Crippen LogP contribution in [0.5, 0.6) is 0 Å². The van der Waals surface area contributed by atoms with Gasteiger partial charge in [0.2, 0.25) is 0 Å². The van der Waals surface area contributed by atoms with E-state index in [9.17, 15) is 22.7 Å². The van der Waals surface area contributed by atoms with Gasteiger partial charge in [-0.3, -0.25) is 0 Å². The molecule has 0 fully saturated rings. The number of aliphatic hydroxyl groups excluding tert-OH is 2. The summed E-state index contributed by atoms with van der Waals surface area (Å²) < 4.78 is 51.0. The number of rotatable bonds is 5. The lowest BCUT2D eigenvalue weighted by atomic mass is 10.1. The summed E-state index contributed by atoms with van der Waals surface area (Å²) in [6.07, 6.45) is -5.73. The molecule has 0 heterocycles. The lowest BCUT2D eigenvalue weighted by Gasteiger charge is -2.28. The van der Waals surface area contributed by atoms with Gasteiger partial charge in [0.15, 0.2) is 0 Å². The number of anilines is 1. The van der Waals surface area contributed by atoms with E-state index in [1.54, 1.807) is 0 Å². The molecule has 0 bridgehead atoms. The lowest BCUT2D eigenvalue weighted by molar-refractivity contribution is -0.119. The summed E-state index contributed by atoms with van der Waals surface area (Å²) in [6, 6.07) is 3.61. The largest absolute Gasteiger partial charge is 0.405 e. The Labute approximate surface area is 108 Å². The van der Waals surface area contributed by atoms with Gasteiger partial charge in [0, 0.05) is 17.8 Å². The zero-order valence-electron chi connectivity index (χ0n) is 10.3. The van der Waals surface area contributed by atoms with E-state index in [2.05, 4.69) is 0 Å². The van der Waals surface area contributed by atoms with Crippen LogP contribution in [0.3, 0.4) is 0 Å². The fourth-order valence-corrected chi connectivity index (χ4v) is 1.84. The minimum Gasteiger partial charge on any atom is -0.395 e. The van der Waals surface area contributed by atoms with Crippen LogP contribution in [0.25, 0.3) is 0 Å². The highest BCUT2D eigenvalue weighted by Gasteiger charge is 2.32. The van der Waals surface area contributed by atoms with E-state index in [0.717, 1.165) is 11.0 Å². The van der Waals surface area contributed by atoms with Crippen LogP contribution in [-0.4, -0.2) is 36.1 Å². The number of aliphatic hydroxyl groups is 2. The van der Waals surface area contributed by atoms with Crippen molar-refractivity contribution in [2.24, 2.45) is 0 Å². The fraction of sp³-hybridized carbons (Fsp3) is 0.500. The fourth-order valence-electron chi connectivity index (χ4n) is 1.84. The predicted octanol–water partition coefficient (Wildman–Crippen LogP) is 2.24. The standard InChI is InChI=1S/C12H15F4NO2/c1-8(19)11-9(13)3-2-4-10(11)17(5-6-18)7-12(14,15)16/h2-4,8,18-19H,5-7H2,1H3. The first-order chi connectivity index (χ1) is 8.76. The van der Waals surface area contributed by atoms with Crippen LogP contribution in [-0.2, 0) is 0 Å². The number of hydrogen-bond donors (Lipinski definition) is 2. The van der Waals surface area contributed by atoms with Crippen molar-refractivity contribution in [2.75, 3.05) is 24.6 Å². The van der Waals surface area contributed by atoms with Gasteiger partial charge in [0.25, 0.3) is 0 Å². The minimum absolute atomic E-state index is 0.0682. The minimum atomic E-state index is -4.49. The molecule has 0 aliphatic carbocycles. The van der Waals surface area contributed by atoms with Gasteiger partial charge in [-0.15, -0.1) is 0 Å². The normalized spacial score (nSPS) is 13.4. The van der Waals surface area contributed by atoms with E-state index in [1.165, 1.54) is 19.1 Å². The summed E-state index contributed by atoms with van der Waals surface area (Å²) in [5, 5.41) is 18.3. The summed E-state index contributed by atoms with van der Waals surface area (Å²) in [7, 11) is 0. The molecule has 108 valence electrons. The second-order valence-corrected chi connectivity index (χ2v) is 4.11. The average Bonchev–Trinajstić information content (AvgIpc) is 2.25. The van der Waals surface area contributed by atoms with E-state index < -0.39 is 31.2 Å². The van der Waals surface area contributed by atoms with Gasteiger partial charge < -0.3 is 15.1 Å². The number of hydrogen-bond acceptors (Lipinski definition) is 3. The number of halogens is 4. The molecule has 0 amide bonds. The van der Waals surface area contributed by atoms with E-state index in [0.29, 0.717) is 0 Å². The maximum atomic E-state index is 13.6. The molecule has 1 rings (SSSR count). The third-order valence-corrected chi connectivity index (χ3v) is 2.53. The maximum Gasteiger partial charge on any atom is 0.405 e. The van der Waals surface area contributed by atoms with Crippen molar-refractivity contribution in [2.45, 2.75) is 19.2 Å². The van der Waals surface area contributed by atoms with Crippen molar-refractivity contribution in [3.05, 3.63) is 29.6 Å². The van der Waals surface area contributed by atoms with E-state index in [4.69, 9.17) is 5.11 Å². The molecule has 0 spiro atoms. The molecule has 3 nitrogen and oxygen atoms in total. The van der Waals surface area contributed by atoms with Gasteiger partial charge in [0.1, 0.15) is 12.4 Å². The van der Waals surface area contributed by atoms with Gasteiger partial charge >= 0.3 is 6.18 Å². The highest BCUT2D eigenvalue weighted by atomic mass is 19.4. The van der Waals surface area contributed by atoms with Crippen molar-refractivity contribution < 1.29 is 27.8 Å². The highest BCUT2D eigenvalue weighted by molar-refractivity contribution is 5.55. The van der Waals surface area contributed by atoms with Gasteiger partial charge in [-0.2, -0.15) is 13.2 Å². The third-order valence-electron chi connectivity index (χ3n) is 2.53. The molecule has 1 aromatic carbocycles. The van der Waals surface area contributed by atoms with Crippen molar-refractivity contribution in [3.63, 3.8) is 0 Å². The number of nitrogens with zero attached hydrogens (tertiary/aromatic N) is 1. The summed E-state index contributed by atoms with van der Waals surface area (Å²) >= 11 is 0. The summed E-state index contributed by atoms with van der Waals surface area (Å²) in [5.41, 5.74) is -0.276. The van der Waals surface area contributed by atoms with Crippen LogP contribution in [0.15, 0.2) is 18.2 Å². The van der Waals surface area contributed by atoms with Crippen LogP contribution < -0.4 is 4.90 Å². The van der Waals surface area contributed by atoms with Crippen LogP contribution >= 0.6 is 0 Å². The van der Waals surface area contributed by atoms with Gasteiger partial charge in [-0.25, -0.2) is 4.39 Å². The summed E-state index contributed by atoms with van der Waals surface area (Å²) in [6.45, 7) is -0.863. The van der Waals surface area contributed by atoms with Gasteiger partial charge in [-0.1, -0.05) is 6.07 Å². The van der Waals surface area contributed by atoms with Crippen LogP contribution in [0.2, 0.25) is 0 Å². The Morgan fingerprint density at radius 3 is 2.42 bits per heavy atom. The van der Waals surface area contributed by atoms with E-state index in [1.807, 2.05) is 0 Å². The molecule has 19 heavy (non-hydrogen) atoms. The Morgan fingerprint density at radius 1 is 1.32 bits per heavy atom. The Hall–Kier alpha value is -1.34. The van der Waals surface area contributed by atoms with Crippen molar-refractivity contribution in [3.8, 4) is 0 Å². The molecule has 1 atom stereocenters. The molecule has 7 heteroatoms. The molecule has 1 unspecified atom stereocenters. The van der Waals surface area contributed by atoms with Crippen LogP contribution in [0.1, 0.15) is 18.6 Å². The van der Waals surface area contributed by atoms with Gasteiger partial charge in [0.05, 0.1) is 12.7 Å². The SMILES string of the molecule is CC(O)c1c(F)cccc1N(CCO)CC(F)(F)F. The molecule has 0 aromatic heterocycles. The Kier molecular flexibility index (Phi) is 5.13. The predicted molar refractivity (Wildman–Crippen MR) is 62.4 cm³/mol. The Balaban J connectivity index is 3.18. The van der Waals surface area contributed by atoms with Gasteiger partial charge in [-0.05, 0) is 19.1 Å². The molecular formula is C12H15F4NO2. The molecule has 0 saturated carbocycles. The number of benzene rings is 1. The summed E-state index contributed by atoms with van der Waals surface area (Å²) in [4.78, 5) is 0.797. The topological polar surface area (TPSA) is 43.7 Å². The molecule has 1 aromatic rings. The Bertz CT molecular complexity index is 421. The van der Waals surface area contributed by atoms with Crippen molar-refractivity contribution in [1.29, 1.82) is 0 Å². The molecule has 0 radical (unpaired) electrons. The average molecular weight is 281 g/mol. The molecule has 2 N–H and O–H groups in total. The molecule has 0 aliphatic heterocycles. The van der Waals surface area contributed by atoms with Crippen molar-refractivity contribution >= 4 is 5.69 Å². The highest BCUT2D eigenvalue weighted by Crippen LogP contribution is 2.30. The number of alkyl halides is 3. The lowest BCUT2D eigenvalue weighted by Crippen LogP contribution is -2.37. The van der Waals surface area contributed by atoms with Crippen LogP contribution in [0, 0.1) is 5.82 Å². The summed E-state index contributed by atoms with van der Waals surface area (Å²) in [5.74, 6) is -0.780. The first kappa shape index (κ1) is 15.7. The quantitative estimate of drug-likeness (QED) is 0.814. The van der Waals surface area contributed by atoms with E-state index >= 15 is 0 Å². The van der Waals surface area contributed by atoms with Crippen molar-refractivity contribution in [1.82, 2.24) is 0 Å². The zero-order valence-corrected chi connectivity index (χ0v) is 10.3. The second-order valence-electron chi connectivity index (χ2n) is 4.11. The maximum absolute atomic E-state index is 13.6. The first-order valence-electron chi connectivity index (χ1n) is 5.65. The van der Waals surface area contributed by atoms with Crippen LogP contribution in [0.4, 0.5) is 23.2 Å². The third kappa shape index (κ3) is 4.36. The monoisotopic (exact) mass is 281 g/mol. The molecule has 0 saturated heterocycles. The molecular weight excluding hydrogens is 266 g/mol. The van der Waals surface area contributed by atoms with E-state index in [-0.39, 0.29) is 17.8 Å². The second kappa shape index (κ2) is 6.21. The Morgan fingerprint density at radius 2 is 1.95 bits per heavy atom.